The van der Waals surface area contributed by atoms with Crippen LogP contribution in [0.4, 0.5) is 4.79 Å². The quantitative estimate of drug-likeness (QED) is 0.589. The molecule has 1 amide bonds. The summed E-state index contributed by atoms with van der Waals surface area (Å²) in [6.45, 7) is 1.53. The van der Waals surface area contributed by atoms with Crippen LogP contribution < -0.4 is 11.1 Å². The van der Waals surface area contributed by atoms with Crippen molar-refractivity contribution in [3.8, 4) is 0 Å². The van der Waals surface area contributed by atoms with Gasteiger partial charge in [-0.15, -0.1) is 0 Å². The van der Waals surface area contributed by atoms with Gasteiger partial charge >= 0.3 is 6.09 Å². The van der Waals surface area contributed by atoms with E-state index in [2.05, 4.69) is 5.32 Å². The highest BCUT2D eigenvalue weighted by atomic mass is 16.6. The molecule has 0 aromatic heterocycles. The number of primary amides is 1. The molecule has 70 valence electrons. The van der Waals surface area contributed by atoms with Crippen LogP contribution in [0.25, 0.3) is 0 Å². The van der Waals surface area contributed by atoms with Gasteiger partial charge in [-0.1, -0.05) is 0 Å². The fourth-order valence-electron chi connectivity index (χ4n) is 1.33. The third-order valence-corrected chi connectivity index (χ3v) is 1.94. The highest BCUT2D eigenvalue weighted by Gasteiger charge is 2.27. The van der Waals surface area contributed by atoms with E-state index in [1.54, 1.807) is 7.11 Å². The number of nitrogens with one attached hydrogen (secondary N) is 1. The van der Waals surface area contributed by atoms with E-state index < -0.39 is 6.09 Å². The molecular formula is C7H14N2O3. The Morgan fingerprint density at radius 3 is 2.92 bits per heavy atom. The lowest BCUT2D eigenvalue weighted by atomic mass is 10.1. The molecule has 1 rings (SSSR count). The summed E-state index contributed by atoms with van der Waals surface area (Å²) in [5, 5.41) is 3.13. The Morgan fingerprint density at radius 2 is 2.33 bits per heavy atom. The minimum absolute atomic E-state index is 0.0775. The third kappa shape index (κ3) is 2.35. The van der Waals surface area contributed by atoms with Gasteiger partial charge in [0.25, 0.3) is 0 Å². The molecule has 0 aromatic rings. The number of piperidine rings is 1. The third-order valence-electron chi connectivity index (χ3n) is 1.94. The summed E-state index contributed by atoms with van der Waals surface area (Å²) < 4.78 is 9.98. The summed E-state index contributed by atoms with van der Waals surface area (Å²) >= 11 is 0. The van der Waals surface area contributed by atoms with E-state index in [0.717, 1.165) is 13.0 Å². The van der Waals surface area contributed by atoms with Crippen LogP contribution in [-0.2, 0) is 9.47 Å². The van der Waals surface area contributed by atoms with Gasteiger partial charge in [0.2, 0.25) is 0 Å². The first-order valence-electron chi connectivity index (χ1n) is 3.93. The van der Waals surface area contributed by atoms with Gasteiger partial charge in [0, 0.05) is 13.7 Å². The second kappa shape index (κ2) is 4.27. The number of methoxy groups -OCH3 is 1. The van der Waals surface area contributed by atoms with Gasteiger partial charge in [-0.05, 0) is 13.0 Å². The summed E-state index contributed by atoms with van der Waals surface area (Å²) in [4.78, 5) is 10.5. The van der Waals surface area contributed by atoms with Crippen LogP contribution in [-0.4, -0.2) is 38.5 Å². The van der Waals surface area contributed by atoms with Gasteiger partial charge in [0.15, 0.2) is 0 Å². The molecule has 1 saturated heterocycles. The van der Waals surface area contributed by atoms with Crippen molar-refractivity contribution in [3.05, 3.63) is 0 Å². The Bertz CT molecular complexity index is 163. The molecule has 1 aliphatic rings. The van der Waals surface area contributed by atoms with E-state index in [9.17, 15) is 4.79 Å². The first kappa shape index (κ1) is 9.28. The summed E-state index contributed by atoms with van der Waals surface area (Å²) in [5.41, 5.74) is 4.90. The molecule has 0 spiro atoms. The maximum Gasteiger partial charge on any atom is 0.404 e. The topological polar surface area (TPSA) is 73.6 Å². The number of hydrogen-bond acceptors (Lipinski definition) is 4. The van der Waals surface area contributed by atoms with Crippen LogP contribution in [0.5, 0.6) is 0 Å². The van der Waals surface area contributed by atoms with Gasteiger partial charge in [-0.2, -0.15) is 0 Å². The zero-order valence-corrected chi connectivity index (χ0v) is 7.08. The Balaban J connectivity index is 2.41. The van der Waals surface area contributed by atoms with Crippen LogP contribution >= 0.6 is 0 Å². The molecule has 0 aliphatic carbocycles. The smallest absolute Gasteiger partial charge is 0.404 e. The molecule has 0 aromatic carbocycles. The lowest BCUT2D eigenvalue weighted by Gasteiger charge is -2.29. The second-order valence-corrected chi connectivity index (χ2v) is 2.74. The standard InChI is InChI=1S/C7H14N2O3/c1-11-6-4-9-3-2-5(6)12-7(8)10/h5-6,9H,2-4H2,1H3,(H2,8,10). The molecule has 12 heavy (non-hydrogen) atoms. The lowest BCUT2D eigenvalue weighted by Crippen LogP contribution is -2.47. The normalized spacial score (nSPS) is 29.8. The zero-order chi connectivity index (χ0) is 8.97. The molecule has 0 radical (unpaired) electrons. The monoisotopic (exact) mass is 174 g/mol. The van der Waals surface area contributed by atoms with E-state index in [1.165, 1.54) is 0 Å². The van der Waals surface area contributed by atoms with Gasteiger partial charge in [-0.3, -0.25) is 0 Å². The summed E-state index contributed by atoms with van der Waals surface area (Å²) in [6.07, 6.45) is -0.259. The minimum atomic E-state index is -0.732. The molecule has 1 heterocycles. The second-order valence-electron chi connectivity index (χ2n) is 2.74. The fraction of sp³-hybridized carbons (Fsp3) is 0.857. The van der Waals surface area contributed by atoms with Gasteiger partial charge in [0.05, 0.1) is 0 Å². The average Bonchev–Trinajstić information content (AvgIpc) is 2.04. The number of rotatable bonds is 2. The molecule has 5 heteroatoms. The summed E-state index contributed by atoms with van der Waals surface area (Å²) in [7, 11) is 1.59. The van der Waals surface area contributed by atoms with Crippen molar-refractivity contribution in [1.82, 2.24) is 5.32 Å². The average molecular weight is 174 g/mol. The van der Waals surface area contributed by atoms with Crippen molar-refractivity contribution in [2.24, 2.45) is 5.73 Å². The van der Waals surface area contributed by atoms with Crippen molar-refractivity contribution in [1.29, 1.82) is 0 Å². The molecule has 2 atom stereocenters. The number of hydrogen-bond donors (Lipinski definition) is 2. The van der Waals surface area contributed by atoms with Crippen LogP contribution in [0.1, 0.15) is 6.42 Å². The van der Waals surface area contributed by atoms with Crippen molar-refractivity contribution in [3.63, 3.8) is 0 Å². The van der Waals surface area contributed by atoms with E-state index >= 15 is 0 Å². The van der Waals surface area contributed by atoms with E-state index in [0.29, 0.717) is 6.54 Å². The van der Waals surface area contributed by atoms with Gasteiger partial charge < -0.3 is 20.5 Å². The number of amides is 1. The number of carbonyl (C=O) groups excluding carboxylic acids is 1. The Morgan fingerprint density at radius 1 is 1.58 bits per heavy atom. The minimum Gasteiger partial charge on any atom is -0.444 e. The van der Waals surface area contributed by atoms with Crippen LogP contribution in [0, 0.1) is 0 Å². The predicted molar refractivity (Wildman–Crippen MR) is 42.7 cm³/mol. The molecule has 5 nitrogen and oxygen atoms in total. The largest absolute Gasteiger partial charge is 0.444 e. The van der Waals surface area contributed by atoms with E-state index in [4.69, 9.17) is 15.2 Å². The molecule has 3 N–H and O–H groups in total. The highest BCUT2D eigenvalue weighted by molar-refractivity contribution is 5.64. The van der Waals surface area contributed by atoms with Crippen molar-refractivity contribution < 1.29 is 14.3 Å². The van der Waals surface area contributed by atoms with Crippen molar-refractivity contribution in [2.75, 3.05) is 20.2 Å². The number of ether oxygens (including phenoxy) is 2. The lowest BCUT2D eigenvalue weighted by molar-refractivity contribution is -0.0339. The molecule has 2 unspecified atom stereocenters. The molecular weight excluding hydrogens is 160 g/mol. The molecule has 1 fully saturated rings. The zero-order valence-electron chi connectivity index (χ0n) is 7.08. The van der Waals surface area contributed by atoms with Crippen LogP contribution in [0.15, 0.2) is 0 Å². The first-order valence-corrected chi connectivity index (χ1v) is 3.93. The van der Waals surface area contributed by atoms with Gasteiger partial charge in [0.1, 0.15) is 12.2 Å². The molecule has 0 saturated carbocycles. The summed E-state index contributed by atoms with van der Waals surface area (Å²) in [5.74, 6) is 0. The summed E-state index contributed by atoms with van der Waals surface area (Å²) in [6, 6.07) is 0. The van der Waals surface area contributed by atoms with E-state index in [1.807, 2.05) is 0 Å². The van der Waals surface area contributed by atoms with Gasteiger partial charge in [-0.25, -0.2) is 4.79 Å². The maximum absolute atomic E-state index is 10.5. The predicted octanol–water partition coefficient (Wildman–Crippen LogP) is -0.541. The Labute approximate surface area is 71.2 Å². The molecule has 0 bridgehead atoms. The maximum atomic E-state index is 10.5. The van der Waals surface area contributed by atoms with Crippen LogP contribution in [0.3, 0.4) is 0 Å². The SMILES string of the molecule is COC1CNCCC1OC(N)=O. The Hall–Kier alpha value is -0.810. The molecule has 1 aliphatic heterocycles. The highest BCUT2D eigenvalue weighted by Crippen LogP contribution is 2.10. The van der Waals surface area contributed by atoms with Crippen LogP contribution in [0.2, 0.25) is 0 Å². The van der Waals surface area contributed by atoms with E-state index in [-0.39, 0.29) is 12.2 Å². The number of carbonyl (C=O) groups is 1. The first-order chi connectivity index (χ1) is 5.74. The Kier molecular flexibility index (Phi) is 3.31. The van der Waals surface area contributed by atoms with Crippen molar-refractivity contribution >= 4 is 6.09 Å². The van der Waals surface area contributed by atoms with Crippen molar-refractivity contribution in [2.45, 2.75) is 18.6 Å². The fourth-order valence-corrected chi connectivity index (χ4v) is 1.33. The number of nitrogens with two attached hydrogens (primary N) is 1.